The first-order valence-electron chi connectivity index (χ1n) is 9.73. The minimum Gasteiger partial charge on any atom is -0.313 e. The zero-order chi connectivity index (χ0) is 19.9. The summed E-state index contributed by atoms with van der Waals surface area (Å²) in [5, 5.41) is 8.82. The summed E-state index contributed by atoms with van der Waals surface area (Å²) in [6.07, 6.45) is 2.32. The van der Waals surface area contributed by atoms with Gasteiger partial charge in [-0.1, -0.05) is 0 Å². The van der Waals surface area contributed by atoms with Crippen molar-refractivity contribution in [2.45, 2.75) is 43.5 Å². The molecule has 2 aliphatic heterocycles. The Bertz CT molecular complexity index is 967. The Balaban J connectivity index is 1.48. The molecule has 0 unspecified atom stereocenters. The summed E-state index contributed by atoms with van der Waals surface area (Å²) >= 11 is 0. The molecule has 1 aromatic carbocycles. The number of likely N-dealkylation sites (N-methyl/N-ethyl adjacent to an activating group) is 1. The van der Waals surface area contributed by atoms with E-state index in [1.165, 1.54) is 22.5 Å². The van der Waals surface area contributed by atoms with Gasteiger partial charge in [0.25, 0.3) is 0 Å². The van der Waals surface area contributed by atoms with Crippen LogP contribution < -0.4 is 0 Å². The predicted molar refractivity (Wildman–Crippen MR) is 103 cm³/mol. The van der Waals surface area contributed by atoms with E-state index in [0.717, 1.165) is 37.7 Å². The van der Waals surface area contributed by atoms with Gasteiger partial charge in [0.15, 0.2) is 0 Å². The fourth-order valence-electron chi connectivity index (χ4n) is 4.03. The Labute approximate surface area is 165 Å². The lowest BCUT2D eigenvalue weighted by atomic mass is 9.97. The second-order valence-electron chi connectivity index (χ2n) is 7.77. The highest BCUT2D eigenvalue weighted by Gasteiger charge is 2.32. The number of hydrogen-bond acceptors (Lipinski definition) is 5. The molecule has 0 spiro atoms. The molecular weight excluding hydrogens is 381 g/mol. The third-order valence-electron chi connectivity index (χ3n) is 5.86. The first-order chi connectivity index (χ1) is 13.4. The molecule has 4 rings (SSSR count). The molecule has 28 heavy (non-hydrogen) atoms. The van der Waals surface area contributed by atoms with E-state index >= 15 is 0 Å². The number of sulfonamides is 1. The van der Waals surface area contributed by atoms with Gasteiger partial charge in [0.2, 0.25) is 10.0 Å². The summed E-state index contributed by atoms with van der Waals surface area (Å²) in [7, 11) is -1.50. The number of nitrogens with zero attached hydrogens (tertiary/aromatic N) is 5. The van der Waals surface area contributed by atoms with Gasteiger partial charge in [-0.3, -0.25) is 0 Å². The quantitative estimate of drug-likeness (QED) is 0.776. The SMILES string of the molecule is Cc1cc(S(=O)(=O)N2CCC(c3nnc4n3CCN(C)CC4)CC2)ccc1F. The van der Waals surface area contributed by atoms with Crippen molar-refractivity contribution in [2.24, 2.45) is 0 Å². The van der Waals surface area contributed by atoms with E-state index < -0.39 is 15.8 Å². The molecule has 2 aliphatic rings. The van der Waals surface area contributed by atoms with Crippen molar-refractivity contribution in [1.29, 1.82) is 0 Å². The van der Waals surface area contributed by atoms with Gasteiger partial charge >= 0.3 is 0 Å². The number of piperidine rings is 1. The van der Waals surface area contributed by atoms with Crippen molar-refractivity contribution < 1.29 is 12.8 Å². The van der Waals surface area contributed by atoms with Gasteiger partial charge in [-0.05, 0) is 50.6 Å². The van der Waals surface area contributed by atoms with Crippen molar-refractivity contribution in [2.75, 3.05) is 33.2 Å². The smallest absolute Gasteiger partial charge is 0.243 e. The van der Waals surface area contributed by atoms with E-state index in [1.54, 1.807) is 6.92 Å². The Morgan fingerprint density at radius 1 is 1.07 bits per heavy atom. The predicted octanol–water partition coefficient (Wildman–Crippen LogP) is 1.78. The molecule has 0 N–H and O–H groups in total. The highest BCUT2D eigenvalue weighted by atomic mass is 32.2. The van der Waals surface area contributed by atoms with Crippen LogP contribution in [0.5, 0.6) is 0 Å². The van der Waals surface area contributed by atoms with Crippen LogP contribution in [-0.2, 0) is 23.0 Å². The standard InChI is InChI=1S/C19H26FN5O2S/c1-14-13-16(3-4-17(14)20)28(26,27)24-9-5-15(6-10-24)19-22-21-18-7-8-23(2)11-12-25(18)19/h3-4,13,15H,5-12H2,1-2H3. The summed E-state index contributed by atoms with van der Waals surface area (Å²) in [5.41, 5.74) is 0.340. The number of benzene rings is 1. The lowest BCUT2D eigenvalue weighted by Gasteiger charge is -2.31. The third-order valence-corrected chi connectivity index (χ3v) is 7.76. The number of rotatable bonds is 3. The maximum Gasteiger partial charge on any atom is 0.243 e. The summed E-state index contributed by atoms with van der Waals surface area (Å²) in [4.78, 5) is 2.45. The van der Waals surface area contributed by atoms with Crippen molar-refractivity contribution in [3.63, 3.8) is 0 Å². The molecule has 0 bridgehead atoms. The highest BCUT2D eigenvalue weighted by molar-refractivity contribution is 7.89. The lowest BCUT2D eigenvalue weighted by Crippen LogP contribution is -2.38. The fourth-order valence-corrected chi connectivity index (χ4v) is 5.59. The van der Waals surface area contributed by atoms with Crippen LogP contribution in [-0.4, -0.2) is 65.6 Å². The first kappa shape index (κ1) is 19.5. The topological polar surface area (TPSA) is 71.3 Å². The molecule has 1 aromatic heterocycles. The molecule has 2 aromatic rings. The zero-order valence-corrected chi connectivity index (χ0v) is 17.1. The molecule has 152 valence electrons. The molecule has 1 saturated heterocycles. The molecule has 3 heterocycles. The Kier molecular flexibility index (Phi) is 5.24. The molecule has 0 atom stereocenters. The van der Waals surface area contributed by atoms with Crippen LogP contribution >= 0.6 is 0 Å². The normalized spacial score (nSPS) is 20.1. The minimum absolute atomic E-state index is 0.157. The van der Waals surface area contributed by atoms with Crippen molar-refractivity contribution >= 4 is 10.0 Å². The van der Waals surface area contributed by atoms with E-state index in [4.69, 9.17) is 0 Å². The van der Waals surface area contributed by atoms with E-state index in [-0.39, 0.29) is 10.8 Å². The van der Waals surface area contributed by atoms with E-state index in [0.29, 0.717) is 31.5 Å². The van der Waals surface area contributed by atoms with Crippen LogP contribution in [0.3, 0.4) is 0 Å². The van der Waals surface area contributed by atoms with Crippen molar-refractivity contribution in [3.05, 3.63) is 41.2 Å². The minimum atomic E-state index is -3.61. The maximum absolute atomic E-state index is 13.5. The average molecular weight is 408 g/mol. The van der Waals surface area contributed by atoms with Gasteiger partial charge in [0.1, 0.15) is 17.5 Å². The molecule has 1 fully saturated rings. The number of halogens is 1. The van der Waals surface area contributed by atoms with Gasteiger partial charge < -0.3 is 9.47 Å². The van der Waals surface area contributed by atoms with Gasteiger partial charge in [-0.25, -0.2) is 12.8 Å². The number of aryl methyl sites for hydroxylation is 1. The van der Waals surface area contributed by atoms with Crippen LogP contribution in [0, 0.1) is 12.7 Å². The monoisotopic (exact) mass is 407 g/mol. The molecule has 0 saturated carbocycles. The molecule has 7 nitrogen and oxygen atoms in total. The van der Waals surface area contributed by atoms with Crippen LogP contribution in [0.4, 0.5) is 4.39 Å². The average Bonchev–Trinajstić information content (AvgIpc) is 3.00. The lowest BCUT2D eigenvalue weighted by molar-refractivity contribution is 0.304. The molecular formula is C19H26FN5O2S. The summed E-state index contributed by atoms with van der Waals surface area (Å²) in [6.45, 7) is 5.27. The van der Waals surface area contributed by atoms with Crippen LogP contribution in [0.1, 0.15) is 36.0 Å². The van der Waals surface area contributed by atoms with E-state index in [2.05, 4.69) is 26.7 Å². The first-order valence-corrected chi connectivity index (χ1v) is 11.2. The zero-order valence-electron chi connectivity index (χ0n) is 16.3. The Hall–Kier alpha value is -1.84. The van der Waals surface area contributed by atoms with Gasteiger partial charge in [-0.2, -0.15) is 4.31 Å². The van der Waals surface area contributed by atoms with E-state index in [9.17, 15) is 12.8 Å². The van der Waals surface area contributed by atoms with Crippen molar-refractivity contribution in [1.82, 2.24) is 24.0 Å². The second-order valence-corrected chi connectivity index (χ2v) is 9.71. The Morgan fingerprint density at radius 3 is 2.54 bits per heavy atom. The molecule has 9 heteroatoms. The van der Waals surface area contributed by atoms with Crippen molar-refractivity contribution in [3.8, 4) is 0 Å². The summed E-state index contributed by atoms with van der Waals surface area (Å²) in [6, 6.07) is 3.97. The number of hydrogen-bond donors (Lipinski definition) is 0. The maximum atomic E-state index is 13.5. The highest BCUT2D eigenvalue weighted by Crippen LogP contribution is 2.31. The number of aromatic nitrogens is 3. The largest absolute Gasteiger partial charge is 0.313 e. The van der Waals surface area contributed by atoms with Crippen LogP contribution in [0.25, 0.3) is 0 Å². The van der Waals surface area contributed by atoms with Gasteiger partial charge in [0.05, 0.1) is 4.90 Å². The summed E-state index contributed by atoms with van der Waals surface area (Å²) < 4.78 is 43.1. The molecule has 0 aliphatic carbocycles. The number of fused-ring (bicyclic) bond motifs is 1. The Morgan fingerprint density at radius 2 is 1.82 bits per heavy atom. The van der Waals surface area contributed by atoms with Gasteiger partial charge in [-0.15, -0.1) is 10.2 Å². The van der Waals surface area contributed by atoms with Crippen LogP contribution in [0.15, 0.2) is 23.1 Å². The second kappa shape index (κ2) is 7.53. The van der Waals surface area contributed by atoms with Gasteiger partial charge in [0, 0.05) is 45.1 Å². The fraction of sp³-hybridized carbons (Fsp3) is 0.579. The molecule has 0 radical (unpaired) electrons. The van der Waals surface area contributed by atoms with Crippen LogP contribution in [0.2, 0.25) is 0 Å². The molecule has 0 amide bonds. The third kappa shape index (κ3) is 3.58. The van der Waals surface area contributed by atoms with E-state index in [1.807, 2.05) is 0 Å². The summed E-state index contributed by atoms with van der Waals surface area (Å²) in [5.74, 6) is 1.83.